The molecule has 0 saturated heterocycles. The molecule has 0 N–H and O–H groups in total. The molecule has 5 nitrogen and oxygen atoms in total. The molecule has 12 aromatic rings. The first-order valence-electron chi connectivity index (χ1n) is 21.9. The minimum absolute atomic E-state index is 0.175. The van der Waals surface area contributed by atoms with E-state index in [0.717, 1.165) is 60.7 Å². The molecule has 0 radical (unpaired) electrons. The van der Waals surface area contributed by atoms with Gasteiger partial charge in [-0.25, -0.2) is 15.0 Å². The van der Waals surface area contributed by atoms with E-state index in [1.54, 1.807) is 0 Å². The van der Waals surface area contributed by atoms with Gasteiger partial charge in [-0.3, -0.25) is 0 Å². The van der Waals surface area contributed by atoms with Gasteiger partial charge >= 0.3 is 0 Å². The maximum atomic E-state index is 9.28. The van der Waals surface area contributed by atoms with E-state index >= 15 is 0 Å². The van der Waals surface area contributed by atoms with Crippen LogP contribution in [0.3, 0.4) is 0 Å². The molecule has 6 heteroatoms. The fourth-order valence-corrected chi connectivity index (χ4v) is 8.97. The maximum absolute atomic E-state index is 9.28. The van der Waals surface area contributed by atoms with Crippen LogP contribution in [0.5, 0.6) is 0 Å². The lowest BCUT2D eigenvalue weighted by molar-refractivity contribution is 0.669. The number of furan rings is 2. The van der Waals surface area contributed by atoms with Crippen molar-refractivity contribution in [2.75, 3.05) is 0 Å². The molecule has 8 aromatic carbocycles. The molecule has 12 rings (SSSR count). The SMILES string of the molecule is [2H]c1c([2H])c([2H])c2c(sc3c(-c4ccc(-c5cccc6oc7cc(-c8nc(-c9ccccc9)nc(-c9ccccc9)n8)ccc7c56)c5c4oc4ccccc45)c([2H])c([2H])c([2H])c32)c1[2H]. The van der Waals surface area contributed by atoms with Gasteiger partial charge in [-0.2, -0.15) is 0 Å². The molecule has 0 unspecified atom stereocenters. The molecule has 266 valence electrons. The molecule has 0 aliphatic heterocycles. The van der Waals surface area contributed by atoms with Gasteiger partial charge < -0.3 is 8.83 Å². The number of rotatable bonds is 5. The van der Waals surface area contributed by atoms with E-state index in [2.05, 4.69) is 0 Å². The first-order chi connectivity index (χ1) is 31.2. The molecule has 4 heterocycles. The summed E-state index contributed by atoms with van der Waals surface area (Å²) in [6.45, 7) is 0. The Labute approximate surface area is 340 Å². The fourth-order valence-electron chi connectivity index (χ4n) is 7.89. The second-order valence-corrected chi connectivity index (χ2v) is 14.8. The molecule has 4 aromatic heterocycles. The van der Waals surface area contributed by atoms with Crippen LogP contribution in [0.4, 0.5) is 0 Å². The fraction of sp³-hybridized carbons (Fsp3) is 0. The molecule has 0 amide bonds. The second-order valence-electron chi connectivity index (χ2n) is 13.8. The summed E-state index contributed by atoms with van der Waals surface area (Å²) in [5, 5.41) is 3.77. The molecule has 0 bridgehead atoms. The number of hydrogen-bond acceptors (Lipinski definition) is 6. The smallest absolute Gasteiger partial charge is 0.164 e. The largest absolute Gasteiger partial charge is 0.456 e. The highest BCUT2D eigenvalue weighted by Gasteiger charge is 2.22. The molecule has 0 saturated carbocycles. The molecule has 0 atom stereocenters. The second kappa shape index (κ2) is 12.6. The zero-order chi connectivity index (χ0) is 43.5. The van der Waals surface area contributed by atoms with Crippen molar-refractivity contribution in [3.63, 3.8) is 0 Å². The molecule has 0 aliphatic carbocycles. The number of fused-ring (bicyclic) bond motifs is 9. The summed E-state index contributed by atoms with van der Waals surface area (Å²) in [4.78, 5) is 14.7. The predicted molar refractivity (Wildman–Crippen MR) is 234 cm³/mol. The van der Waals surface area contributed by atoms with Crippen LogP contribution in [0.15, 0.2) is 185 Å². The van der Waals surface area contributed by atoms with Gasteiger partial charge in [-0.1, -0.05) is 139 Å². The van der Waals surface area contributed by atoms with E-state index in [9.17, 15) is 1.37 Å². The van der Waals surface area contributed by atoms with Crippen molar-refractivity contribution in [1.29, 1.82) is 0 Å². The van der Waals surface area contributed by atoms with Crippen LogP contribution < -0.4 is 0 Å². The van der Waals surface area contributed by atoms with Crippen LogP contribution in [0, 0.1) is 0 Å². The van der Waals surface area contributed by atoms with Gasteiger partial charge in [-0.05, 0) is 47.5 Å². The van der Waals surface area contributed by atoms with Gasteiger partial charge in [0.25, 0.3) is 0 Å². The lowest BCUT2D eigenvalue weighted by atomic mass is 9.92. The van der Waals surface area contributed by atoms with Gasteiger partial charge in [0, 0.05) is 69.5 Å². The van der Waals surface area contributed by atoms with Crippen LogP contribution in [0.1, 0.15) is 9.60 Å². The molecule has 0 spiro atoms. The third-order valence-electron chi connectivity index (χ3n) is 10.5. The molecule has 0 aliphatic rings. The normalized spacial score (nSPS) is 13.6. The first-order valence-corrected chi connectivity index (χ1v) is 19.2. The molecule has 57 heavy (non-hydrogen) atoms. The Bertz CT molecular complexity index is 3880. The Morgan fingerprint density at radius 3 is 1.88 bits per heavy atom. The average Bonchev–Trinajstić information content (AvgIpc) is 4.05. The first kappa shape index (κ1) is 25.6. The van der Waals surface area contributed by atoms with E-state index < -0.39 is 6.04 Å². The van der Waals surface area contributed by atoms with Crippen molar-refractivity contribution < 1.29 is 18.4 Å². The molecular formula is C51H29N3O2S. The third-order valence-corrected chi connectivity index (χ3v) is 11.6. The van der Waals surface area contributed by atoms with Crippen molar-refractivity contribution >= 4 is 75.4 Å². The Morgan fingerprint density at radius 1 is 0.421 bits per heavy atom. The van der Waals surface area contributed by atoms with E-state index in [1.807, 2.05) is 133 Å². The van der Waals surface area contributed by atoms with Crippen molar-refractivity contribution in [3.8, 4) is 56.4 Å². The highest BCUT2D eigenvalue weighted by Crippen LogP contribution is 2.48. The maximum Gasteiger partial charge on any atom is 0.164 e. The zero-order valence-electron chi connectivity index (χ0n) is 36.8. The average molecular weight is 755 g/mol. The van der Waals surface area contributed by atoms with Crippen LogP contribution >= 0.6 is 11.3 Å². The monoisotopic (exact) mass is 754 g/mol. The van der Waals surface area contributed by atoms with Crippen LogP contribution in [-0.2, 0) is 0 Å². The quantitative estimate of drug-likeness (QED) is 0.175. The summed E-state index contributed by atoms with van der Waals surface area (Å²) in [5.74, 6) is 1.62. The summed E-state index contributed by atoms with van der Waals surface area (Å²) in [6, 6.07) is 41.0. The third kappa shape index (κ3) is 5.04. The Hall–Kier alpha value is -7.41. The van der Waals surface area contributed by atoms with Gasteiger partial charge in [0.05, 0.1) is 9.60 Å². The van der Waals surface area contributed by atoms with Gasteiger partial charge in [-0.15, -0.1) is 11.3 Å². The number of hydrogen-bond donors (Lipinski definition) is 0. The lowest BCUT2D eigenvalue weighted by Gasteiger charge is -2.10. The summed E-state index contributed by atoms with van der Waals surface area (Å²) < 4.78 is 75.4. The number of nitrogens with zero attached hydrogens (tertiary/aromatic N) is 3. The van der Waals surface area contributed by atoms with E-state index in [0.29, 0.717) is 55.6 Å². The Kier molecular flexibility index (Phi) is 5.65. The molecule has 0 fully saturated rings. The van der Waals surface area contributed by atoms with E-state index in [4.69, 9.17) is 32.0 Å². The summed E-state index contributed by atoms with van der Waals surface area (Å²) in [7, 11) is 0. The Balaban J connectivity index is 1.07. The lowest BCUT2D eigenvalue weighted by Crippen LogP contribution is -2.00. The predicted octanol–water partition coefficient (Wildman–Crippen LogP) is 14.4. The van der Waals surface area contributed by atoms with Gasteiger partial charge in [0.2, 0.25) is 0 Å². The number of thiophene rings is 1. The number of benzene rings is 8. The minimum atomic E-state index is -0.416. The van der Waals surface area contributed by atoms with Crippen molar-refractivity contribution in [2.24, 2.45) is 0 Å². The minimum Gasteiger partial charge on any atom is -0.456 e. The van der Waals surface area contributed by atoms with Gasteiger partial charge in [0.15, 0.2) is 17.5 Å². The zero-order valence-corrected chi connectivity index (χ0v) is 30.6. The van der Waals surface area contributed by atoms with Crippen molar-refractivity contribution in [1.82, 2.24) is 15.0 Å². The van der Waals surface area contributed by atoms with Crippen LogP contribution in [0.2, 0.25) is 0 Å². The summed E-state index contributed by atoms with van der Waals surface area (Å²) in [5.41, 5.74) is 7.47. The summed E-state index contributed by atoms with van der Waals surface area (Å²) in [6.07, 6.45) is 0. The highest BCUT2D eigenvalue weighted by atomic mass is 32.1. The van der Waals surface area contributed by atoms with Crippen molar-refractivity contribution in [2.45, 2.75) is 0 Å². The molecular weight excluding hydrogens is 719 g/mol. The topological polar surface area (TPSA) is 65.0 Å². The number of para-hydroxylation sites is 1. The van der Waals surface area contributed by atoms with Crippen molar-refractivity contribution in [3.05, 3.63) is 176 Å². The van der Waals surface area contributed by atoms with E-state index in [-0.39, 0.29) is 51.7 Å². The van der Waals surface area contributed by atoms with Gasteiger partial charge in [0.1, 0.15) is 22.3 Å². The van der Waals surface area contributed by atoms with E-state index in [1.165, 1.54) is 0 Å². The Morgan fingerprint density at radius 2 is 1.07 bits per heavy atom. The highest BCUT2D eigenvalue weighted by molar-refractivity contribution is 7.26. The van der Waals surface area contributed by atoms with Crippen LogP contribution in [-0.4, -0.2) is 15.0 Å². The van der Waals surface area contributed by atoms with Crippen LogP contribution in [0.25, 0.3) is 120 Å². The number of aromatic nitrogens is 3. The summed E-state index contributed by atoms with van der Waals surface area (Å²) >= 11 is 1.10. The standard InChI is InChI=1S/C51H29N3O2S/c1-3-13-30(14-4-1)49-52-50(31-15-5-2-6-16-31)54-51(53-49)32-25-26-40-43(29-32)55-42-23-12-19-34(45(40)42)35-27-28-36(47-46(35)39-18-7-9-22-41(39)56-47)38-21-11-20-37-33-17-8-10-24-44(33)57-48(37)38/h1-29H/i8D,10D,11D,17D,20D,21D,24D.